The van der Waals surface area contributed by atoms with Crippen LogP contribution in [0.5, 0.6) is 5.75 Å². The summed E-state index contributed by atoms with van der Waals surface area (Å²) in [4.78, 5) is 19.4. The van der Waals surface area contributed by atoms with Crippen LogP contribution < -0.4 is 16.3 Å². The SMILES string of the molecule is CNc1nc(Nc2cc(-n3nnn(C)c3=O)c(O)cc2F)ncc1F. The molecule has 130 valence electrons. The molecule has 0 amide bonds. The highest BCUT2D eigenvalue weighted by Gasteiger charge is 2.16. The van der Waals surface area contributed by atoms with Crippen molar-refractivity contribution in [2.45, 2.75) is 0 Å². The molecule has 0 saturated heterocycles. The highest BCUT2D eigenvalue weighted by Crippen LogP contribution is 2.28. The van der Waals surface area contributed by atoms with E-state index in [1.807, 2.05) is 0 Å². The molecule has 1 aromatic carbocycles. The van der Waals surface area contributed by atoms with Gasteiger partial charge in [0.25, 0.3) is 0 Å². The zero-order valence-corrected chi connectivity index (χ0v) is 13.0. The summed E-state index contributed by atoms with van der Waals surface area (Å²) in [5.41, 5.74) is -0.889. The maximum atomic E-state index is 14.1. The van der Waals surface area contributed by atoms with Gasteiger partial charge in [0.2, 0.25) is 5.95 Å². The minimum Gasteiger partial charge on any atom is -0.506 e. The maximum Gasteiger partial charge on any atom is 0.368 e. The van der Waals surface area contributed by atoms with E-state index in [9.17, 15) is 18.7 Å². The summed E-state index contributed by atoms with van der Waals surface area (Å²) in [6.07, 6.45) is 0.910. The number of nitrogens with one attached hydrogen (secondary N) is 2. The largest absolute Gasteiger partial charge is 0.506 e. The first kappa shape index (κ1) is 16.3. The molecule has 2 aromatic heterocycles. The number of aryl methyl sites for hydroxylation is 1. The number of benzene rings is 1. The quantitative estimate of drug-likeness (QED) is 0.582. The van der Waals surface area contributed by atoms with Gasteiger partial charge in [-0.15, -0.1) is 0 Å². The second kappa shape index (κ2) is 6.14. The van der Waals surface area contributed by atoms with Gasteiger partial charge < -0.3 is 15.7 Å². The Morgan fingerprint density at radius 1 is 1.20 bits per heavy atom. The zero-order chi connectivity index (χ0) is 18.1. The summed E-state index contributed by atoms with van der Waals surface area (Å²) in [7, 11) is 2.84. The molecule has 0 spiro atoms. The van der Waals surface area contributed by atoms with Gasteiger partial charge in [-0.25, -0.2) is 18.6 Å². The fraction of sp³-hybridized carbons (Fsp3) is 0.154. The van der Waals surface area contributed by atoms with E-state index in [1.165, 1.54) is 14.1 Å². The Labute approximate surface area is 138 Å². The third kappa shape index (κ3) is 2.96. The minimum atomic E-state index is -0.836. The average Bonchev–Trinajstić information content (AvgIpc) is 2.91. The molecule has 12 heteroatoms. The molecular weight excluding hydrogens is 338 g/mol. The number of tetrazole rings is 1. The smallest absolute Gasteiger partial charge is 0.368 e. The van der Waals surface area contributed by atoms with Crippen LogP contribution in [0.2, 0.25) is 0 Å². The van der Waals surface area contributed by atoms with E-state index in [1.54, 1.807) is 0 Å². The number of halogens is 2. The van der Waals surface area contributed by atoms with Crippen LogP contribution in [0.3, 0.4) is 0 Å². The van der Waals surface area contributed by atoms with Gasteiger partial charge in [-0.3, -0.25) is 0 Å². The van der Waals surface area contributed by atoms with Crippen molar-refractivity contribution in [2.75, 3.05) is 17.7 Å². The van der Waals surface area contributed by atoms with Crippen LogP contribution in [0.1, 0.15) is 0 Å². The summed E-state index contributed by atoms with van der Waals surface area (Å²) >= 11 is 0. The molecule has 3 N–H and O–H groups in total. The van der Waals surface area contributed by atoms with Gasteiger partial charge in [-0.2, -0.15) is 14.3 Å². The standard InChI is InChI=1S/C13H12F2N8O2/c1-16-11-7(15)5-17-12(19-11)18-8-4-9(10(24)3-6(8)14)23-13(25)22(2)20-21-23/h3-5,24H,1-2H3,(H2,16,17,18,19). The van der Waals surface area contributed by atoms with Crippen LogP contribution in [0.4, 0.5) is 26.2 Å². The fourth-order valence-electron chi connectivity index (χ4n) is 2.00. The van der Waals surface area contributed by atoms with Gasteiger partial charge in [0.05, 0.1) is 11.9 Å². The Morgan fingerprint density at radius 2 is 1.96 bits per heavy atom. The number of hydrogen-bond donors (Lipinski definition) is 3. The minimum absolute atomic E-state index is 0.0814. The van der Waals surface area contributed by atoms with Gasteiger partial charge >= 0.3 is 5.69 Å². The lowest BCUT2D eigenvalue weighted by Crippen LogP contribution is -2.22. The summed E-state index contributed by atoms with van der Waals surface area (Å²) < 4.78 is 29.2. The van der Waals surface area contributed by atoms with Crippen LogP contribution in [-0.2, 0) is 7.05 Å². The Morgan fingerprint density at radius 3 is 2.60 bits per heavy atom. The first-order chi connectivity index (χ1) is 11.9. The summed E-state index contributed by atoms with van der Waals surface area (Å²) in [5.74, 6) is -2.19. The van der Waals surface area contributed by atoms with Crippen molar-refractivity contribution >= 4 is 17.5 Å². The van der Waals surface area contributed by atoms with Crippen molar-refractivity contribution in [2.24, 2.45) is 7.05 Å². The molecule has 0 saturated carbocycles. The number of rotatable bonds is 4. The van der Waals surface area contributed by atoms with Crippen molar-refractivity contribution in [1.29, 1.82) is 0 Å². The maximum absolute atomic E-state index is 14.1. The molecule has 2 heterocycles. The number of phenolic OH excluding ortho intramolecular Hbond substituents is 1. The van der Waals surface area contributed by atoms with E-state index in [2.05, 4.69) is 31.0 Å². The number of anilines is 3. The number of aromatic hydroxyl groups is 1. The van der Waals surface area contributed by atoms with Crippen LogP contribution >= 0.6 is 0 Å². The van der Waals surface area contributed by atoms with E-state index in [-0.39, 0.29) is 23.1 Å². The molecule has 3 aromatic rings. The van der Waals surface area contributed by atoms with Crippen molar-refractivity contribution in [3.05, 3.63) is 40.4 Å². The van der Waals surface area contributed by atoms with Crippen LogP contribution in [0, 0.1) is 11.6 Å². The third-order valence-corrected chi connectivity index (χ3v) is 3.24. The van der Waals surface area contributed by atoms with E-state index in [4.69, 9.17) is 0 Å². The lowest BCUT2D eigenvalue weighted by atomic mass is 10.2. The molecule has 0 aliphatic heterocycles. The molecule has 0 fully saturated rings. The van der Waals surface area contributed by atoms with E-state index in [0.29, 0.717) is 0 Å². The molecule has 25 heavy (non-hydrogen) atoms. The van der Waals surface area contributed by atoms with E-state index in [0.717, 1.165) is 27.7 Å². The Hall–Kier alpha value is -3.57. The Bertz CT molecular complexity index is 1000. The van der Waals surface area contributed by atoms with Gasteiger partial charge in [0.1, 0.15) is 11.4 Å². The van der Waals surface area contributed by atoms with Crippen molar-refractivity contribution in [3.63, 3.8) is 0 Å². The van der Waals surface area contributed by atoms with E-state index < -0.39 is 23.1 Å². The summed E-state index contributed by atoms with van der Waals surface area (Å²) in [6, 6.07) is 1.92. The molecule has 10 nitrogen and oxygen atoms in total. The molecule has 0 unspecified atom stereocenters. The van der Waals surface area contributed by atoms with Crippen molar-refractivity contribution in [3.8, 4) is 11.4 Å². The predicted molar refractivity (Wildman–Crippen MR) is 83.0 cm³/mol. The van der Waals surface area contributed by atoms with Crippen LogP contribution in [-0.4, -0.2) is 41.9 Å². The van der Waals surface area contributed by atoms with Gasteiger partial charge in [0.15, 0.2) is 17.5 Å². The van der Waals surface area contributed by atoms with Crippen LogP contribution in [0.25, 0.3) is 5.69 Å². The lowest BCUT2D eigenvalue weighted by molar-refractivity contribution is 0.463. The first-order valence-corrected chi connectivity index (χ1v) is 6.90. The first-order valence-electron chi connectivity index (χ1n) is 6.90. The van der Waals surface area contributed by atoms with Gasteiger partial charge in [0, 0.05) is 20.2 Å². The molecule has 3 rings (SSSR count). The second-order valence-corrected chi connectivity index (χ2v) is 4.88. The number of nitrogens with zero attached hydrogens (tertiary/aromatic N) is 6. The average molecular weight is 350 g/mol. The predicted octanol–water partition coefficient (Wildman–Crippen LogP) is 0.525. The van der Waals surface area contributed by atoms with Crippen molar-refractivity contribution in [1.82, 2.24) is 29.8 Å². The molecule has 0 aliphatic carbocycles. The fourth-order valence-corrected chi connectivity index (χ4v) is 2.00. The lowest BCUT2D eigenvalue weighted by Gasteiger charge is -2.10. The summed E-state index contributed by atoms with van der Waals surface area (Å²) in [6.45, 7) is 0. The number of hydrogen-bond acceptors (Lipinski definition) is 8. The summed E-state index contributed by atoms with van der Waals surface area (Å²) in [5, 5.41) is 22.1. The Kier molecular flexibility index (Phi) is 4.00. The molecule has 0 atom stereocenters. The zero-order valence-electron chi connectivity index (χ0n) is 13.0. The van der Waals surface area contributed by atoms with Gasteiger partial charge in [-0.05, 0) is 16.5 Å². The monoisotopic (exact) mass is 350 g/mol. The third-order valence-electron chi connectivity index (χ3n) is 3.24. The molecule has 0 bridgehead atoms. The second-order valence-electron chi connectivity index (χ2n) is 4.88. The molecule has 0 radical (unpaired) electrons. The topological polar surface area (TPSA) is 123 Å². The van der Waals surface area contributed by atoms with Crippen LogP contribution in [0.15, 0.2) is 23.1 Å². The van der Waals surface area contributed by atoms with Crippen molar-refractivity contribution < 1.29 is 13.9 Å². The molecule has 0 aliphatic rings. The van der Waals surface area contributed by atoms with Gasteiger partial charge in [-0.1, -0.05) is 0 Å². The van der Waals surface area contributed by atoms with E-state index >= 15 is 0 Å². The number of phenols is 1. The number of aromatic nitrogens is 6. The highest BCUT2D eigenvalue weighted by molar-refractivity contribution is 5.63. The normalized spacial score (nSPS) is 10.7. The highest BCUT2D eigenvalue weighted by atomic mass is 19.1. The Balaban J connectivity index is 2.04. The molecular formula is C13H12F2N8O2.